The van der Waals surface area contributed by atoms with Crippen LogP contribution in [0.25, 0.3) is 0 Å². The number of hydrogen-bond acceptors (Lipinski definition) is 3. The van der Waals surface area contributed by atoms with E-state index in [-0.39, 0.29) is 13.2 Å². The Morgan fingerprint density at radius 1 is 1.33 bits per heavy atom. The zero-order valence-electron chi connectivity index (χ0n) is 6.81. The summed E-state index contributed by atoms with van der Waals surface area (Å²) in [7, 11) is 0. The quantitative estimate of drug-likeness (QED) is 0.681. The number of hydrogen-bond donors (Lipinski definition) is 2. The Labute approximate surface area is 71.8 Å². The van der Waals surface area contributed by atoms with Crippen molar-refractivity contribution in [2.24, 2.45) is 5.73 Å². The molecule has 66 valence electrons. The second-order valence-corrected chi connectivity index (χ2v) is 2.51. The standard InChI is InChI=1S/C9H13NO2/c10-6-8(11)7-12-9-4-2-1-3-5-9/h1-5,8,11H,6-7,10H2/t8-/m1/s1. The molecular weight excluding hydrogens is 154 g/mol. The molecule has 0 saturated carbocycles. The van der Waals surface area contributed by atoms with Crippen LogP contribution < -0.4 is 10.5 Å². The zero-order chi connectivity index (χ0) is 8.81. The maximum Gasteiger partial charge on any atom is 0.119 e. The van der Waals surface area contributed by atoms with Gasteiger partial charge in [-0.1, -0.05) is 18.2 Å². The number of rotatable bonds is 4. The topological polar surface area (TPSA) is 55.5 Å². The Kier molecular flexibility index (Phi) is 3.57. The van der Waals surface area contributed by atoms with E-state index in [1.54, 1.807) is 0 Å². The number of aliphatic hydroxyl groups is 1. The van der Waals surface area contributed by atoms with E-state index in [4.69, 9.17) is 15.6 Å². The molecule has 3 nitrogen and oxygen atoms in total. The molecule has 0 aliphatic carbocycles. The van der Waals surface area contributed by atoms with Gasteiger partial charge in [0.1, 0.15) is 18.5 Å². The van der Waals surface area contributed by atoms with Crippen LogP contribution in [0.2, 0.25) is 0 Å². The molecule has 3 N–H and O–H groups in total. The molecule has 1 atom stereocenters. The van der Waals surface area contributed by atoms with Gasteiger partial charge in [-0.3, -0.25) is 0 Å². The molecule has 0 fully saturated rings. The lowest BCUT2D eigenvalue weighted by molar-refractivity contribution is 0.114. The van der Waals surface area contributed by atoms with Gasteiger partial charge in [-0.05, 0) is 12.1 Å². The lowest BCUT2D eigenvalue weighted by Crippen LogP contribution is -2.26. The SMILES string of the molecule is NC[C@@H](O)COc1ccccc1. The van der Waals surface area contributed by atoms with Gasteiger partial charge in [-0.15, -0.1) is 0 Å². The fourth-order valence-electron chi connectivity index (χ4n) is 0.777. The Bertz CT molecular complexity index is 213. The zero-order valence-corrected chi connectivity index (χ0v) is 6.81. The molecule has 0 radical (unpaired) electrons. The summed E-state index contributed by atoms with van der Waals surface area (Å²) < 4.78 is 5.23. The minimum Gasteiger partial charge on any atom is -0.491 e. The van der Waals surface area contributed by atoms with Crippen LogP contribution in [0.15, 0.2) is 30.3 Å². The third-order valence-corrected chi connectivity index (χ3v) is 1.46. The van der Waals surface area contributed by atoms with E-state index in [1.165, 1.54) is 0 Å². The predicted molar refractivity (Wildman–Crippen MR) is 47.0 cm³/mol. The van der Waals surface area contributed by atoms with Crippen LogP contribution in [0.1, 0.15) is 0 Å². The van der Waals surface area contributed by atoms with Crippen molar-refractivity contribution >= 4 is 0 Å². The van der Waals surface area contributed by atoms with Crippen LogP contribution in [0.3, 0.4) is 0 Å². The Balaban J connectivity index is 2.33. The molecule has 3 heteroatoms. The first kappa shape index (κ1) is 9.03. The highest BCUT2D eigenvalue weighted by atomic mass is 16.5. The molecule has 0 aliphatic heterocycles. The largest absolute Gasteiger partial charge is 0.491 e. The van der Waals surface area contributed by atoms with Crippen molar-refractivity contribution in [2.75, 3.05) is 13.2 Å². The molecule has 0 aromatic heterocycles. The average molecular weight is 167 g/mol. The fourth-order valence-corrected chi connectivity index (χ4v) is 0.777. The molecule has 0 unspecified atom stereocenters. The fraction of sp³-hybridized carbons (Fsp3) is 0.333. The number of nitrogens with two attached hydrogens (primary N) is 1. The van der Waals surface area contributed by atoms with E-state index in [9.17, 15) is 0 Å². The monoisotopic (exact) mass is 167 g/mol. The first-order chi connectivity index (χ1) is 5.83. The van der Waals surface area contributed by atoms with Crippen molar-refractivity contribution in [1.29, 1.82) is 0 Å². The summed E-state index contributed by atoms with van der Waals surface area (Å²) in [6.07, 6.45) is -0.579. The molecule has 0 saturated heterocycles. The van der Waals surface area contributed by atoms with E-state index in [1.807, 2.05) is 30.3 Å². The second kappa shape index (κ2) is 4.74. The van der Waals surface area contributed by atoms with Crippen LogP contribution in [0.5, 0.6) is 5.75 Å². The van der Waals surface area contributed by atoms with Crippen LogP contribution >= 0.6 is 0 Å². The van der Waals surface area contributed by atoms with Gasteiger partial charge in [0.25, 0.3) is 0 Å². The third kappa shape index (κ3) is 2.90. The van der Waals surface area contributed by atoms with Crippen LogP contribution in [0, 0.1) is 0 Å². The van der Waals surface area contributed by atoms with E-state index in [2.05, 4.69) is 0 Å². The predicted octanol–water partition coefficient (Wildman–Crippen LogP) is 0.385. The summed E-state index contributed by atoms with van der Waals surface area (Å²) in [5, 5.41) is 9.07. The number of ether oxygens (including phenoxy) is 1. The summed E-state index contributed by atoms with van der Waals surface area (Å²) in [6.45, 7) is 0.480. The van der Waals surface area contributed by atoms with Crippen molar-refractivity contribution in [3.63, 3.8) is 0 Å². The van der Waals surface area contributed by atoms with Crippen LogP contribution in [0.4, 0.5) is 0 Å². The molecule has 0 aliphatic rings. The minimum absolute atomic E-state index is 0.229. The van der Waals surface area contributed by atoms with Gasteiger partial charge in [-0.2, -0.15) is 0 Å². The molecule has 0 bridgehead atoms. The summed E-state index contributed by atoms with van der Waals surface area (Å²) in [6, 6.07) is 9.34. The summed E-state index contributed by atoms with van der Waals surface area (Å²) >= 11 is 0. The Hall–Kier alpha value is -1.06. The van der Waals surface area contributed by atoms with Crippen molar-refractivity contribution in [3.8, 4) is 5.75 Å². The molecular formula is C9H13NO2. The first-order valence-corrected chi connectivity index (χ1v) is 3.89. The van der Waals surface area contributed by atoms with Crippen molar-refractivity contribution in [2.45, 2.75) is 6.10 Å². The van der Waals surface area contributed by atoms with Gasteiger partial charge < -0.3 is 15.6 Å². The minimum atomic E-state index is -0.579. The van der Waals surface area contributed by atoms with Crippen molar-refractivity contribution in [1.82, 2.24) is 0 Å². The van der Waals surface area contributed by atoms with Crippen LogP contribution in [-0.4, -0.2) is 24.4 Å². The highest BCUT2D eigenvalue weighted by Crippen LogP contribution is 2.07. The normalized spacial score (nSPS) is 12.5. The van der Waals surface area contributed by atoms with Crippen molar-refractivity contribution in [3.05, 3.63) is 30.3 Å². The van der Waals surface area contributed by atoms with Gasteiger partial charge in [-0.25, -0.2) is 0 Å². The maximum absolute atomic E-state index is 9.07. The van der Waals surface area contributed by atoms with Gasteiger partial charge in [0.05, 0.1) is 0 Å². The lowest BCUT2D eigenvalue weighted by atomic mass is 10.3. The van der Waals surface area contributed by atoms with Gasteiger partial charge >= 0.3 is 0 Å². The average Bonchev–Trinajstić information content (AvgIpc) is 2.16. The van der Waals surface area contributed by atoms with Crippen molar-refractivity contribution < 1.29 is 9.84 Å². The molecule has 0 heterocycles. The summed E-state index contributed by atoms with van der Waals surface area (Å²) in [5.74, 6) is 0.755. The lowest BCUT2D eigenvalue weighted by Gasteiger charge is -2.09. The molecule has 0 spiro atoms. The maximum atomic E-state index is 9.07. The highest BCUT2D eigenvalue weighted by molar-refractivity contribution is 5.20. The first-order valence-electron chi connectivity index (χ1n) is 3.89. The smallest absolute Gasteiger partial charge is 0.119 e. The van der Waals surface area contributed by atoms with Crippen LogP contribution in [-0.2, 0) is 0 Å². The van der Waals surface area contributed by atoms with Gasteiger partial charge in [0, 0.05) is 6.54 Å². The number of benzene rings is 1. The third-order valence-electron chi connectivity index (χ3n) is 1.46. The van der Waals surface area contributed by atoms with Gasteiger partial charge in [0.2, 0.25) is 0 Å². The Morgan fingerprint density at radius 2 is 2.00 bits per heavy atom. The Morgan fingerprint density at radius 3 is 2.58 bits per heavy atom. The van der Waals surface area contributed by atoms with E-state index in [0.29, 0.717) is 0 Å². The molecule has 1 aromatic rings. The van der Waals surface area contributed by atoms with Gasteiger partial charge in [0.15, 0.2) is 0 Å². The summed E-state index contributed by atoms with van der Waals surface area (Å²) in [4.78, 5) is 0. The summed E-state index contributed by atoms with van der Waals surface area (Å²) in [5.41, 5.74) is 5.21. The second-order valence-electron chi connectivity index (χ2n) is 2.51. The molecule has 0 amide bonds. The van der Waals surface area contributed by atoms with E-state index < -0.39 is 6.10 Å². The highest BCUT2D eigenvalue weighted by Gasteiger charge is 2.00. The number of para-hydroxylation sites is 1. The van der Waals surface area contributed by atoms with E-state index >= 15 is 0 Å². The molecule has 1 aromatic carbocycles. The number of aliphatic hydroxyl groups excluding tert-OH is 1. The molecule has 1 rings (SSSR count). The van der Waals surface area contributed by atoms with E-state index in [0.717, 1.165) is 5.75 Å². The molecule has 12 heavy (non-hydrogen) atoms.